The first-order valence-electron chi connectivity index (χ1n) is 6.10. The molecule has 0 saturated heterocycles. The van der Waals surface area contributed by atoms with Gasteiger partial charge in [-0.1, -0.05) is 35.9 Å². The number of alkyl halides is 1. The summed E-state index contributed by atoms with van der Waals surface area (Å²) in [6, 6.07) is 0. The van der Waals surface area contributed by atoms with Crippen LogP contribution in [-0.4, -0.2) is 16.1 Å². The Bertz CT molecular complexity index is 179. The summed E-state index contributed by atoms with van der Waals surface area (Å²) in [5.74, 6) is 0.893. The van der Waals surface area contributed by atoms with E-state index in [1.54, 1.807) is 0 Å². The Morgan fingerprint density at radius 2 is 1.93 bits per heavy atom. The molecule has 2 saturated carbocycles. The zero-order valence-corrected chi connectivity index (χ0v) is 11.2. The fourth-order valence-corrected chi connectivity index (χ4v) is 3.58. The molecule has 3 atom stereocenters. The van der Waals surface area contributed by atoms with E-state index in [0.717, 1.165) is 9.84 Å². The van der Waals surface area contributed by atoms with Gasteiger partial charge >= 0.3 is 0 Å². The average molecular weight is 308 g/mol. The van der Waals surface area contributed by atoms with Crippen LogP contribution < -0.4 is 0 Å². The third kappa shape index (κ3) is 2.43. The minimum atomic E-state index is 0.571. The van der Waals surface area contributed by atoms with Gasteiger partial charge < -0.3 is 4.74 Å². The Labute approximate surface area is 101 Å². The van der Waals surface area contributed by atoms with Crippen LogP contribution in [0.3, 0.4) is 0 Å². The number of ether oxygens (including phenoxy) is 1. The lowest BCUT2D eigenvalue weighted by atomic mass is 9.80. The molecule has 2 aliphatic carbocycles. The van der Waals surface area contributed by atoms with Gasteiger partial charge in [-0.2, -0.15) is 0 Å². The van der Waals surface area contributed by atoms with Crippen molar-refractivity contribution in [2.45, 2.75) is 68.0 Å². The van der Waals surface area contributed by atoms with E-state index < -0.39 is 0 Å². The van der Waals surface area contributed by atoms with Crippen molar-refractivity contribution in [2.24, 2.45) is 5.92 Å². The van der Waals surface area contributed by atoms with E-state index in [2.05, 4.69) is 29.5 Å². The molecule has 2 fully saturated rings. The molecule has 1 nitrogen and oxygen atoms in total. The second-order valence-corrected chi connectivity index (χ2v) is 6.36. The number of hydrogen-bond donors (Lipinski definition) is 0. The summed E-state index contributed by atoms with van der Waals surface area (Å²) in [4.78, 5) is 0. The predicted octanol–water partition coefficient (Wildman–Crippen LogP) is 3.94. The summed E-state index contributed by atoms with van der Waals surface area (Å²) in [5, 5.41) is 0. The molecule has 0 aromatic heterocycles. The summed E-state index contributed by atoms with van der Waals surface area (Å²) >= 11 is 2.57. The predicted molar refractivity (Wildman–Crippen MR) is 68.0 cm³/mol. The maximum Gasteiger partial charge on any atom is 0.0696 e. The molecule has 82 valence electrons. The molecule has 0 heterocycles. The fourth-order valence-electron chi connectivity index (χ4n) is 2.61. The van der Waals surface area contributed by atoms with Gasteiger partial charge in [0.25, 0.3) is 0 Å². The highest BCUT2D eigenvalue weighted by molar-refractivity contribution is 14.1. The summed E-state index contributed by atoms with van der Waals surface area (Å²) in [7, 11) is 0. The van der Waals surface area contributed by atoms with E-state index >= 15 is 0 Å². The van der Waals surface area contributed by atoms with E-state index in [-0.39, 0.29) is 0 Å². The number of hydrogen-bond acceptors (Lipinski definition) is 1. The van der Waals surface area contributed by atoms with Crippen LogP contribution in [0.4, 0.5) is 0 Å². The van der Waals surface area contributed by atoms with Crippen LogP contribution in [-0.2, 0) is 4.74 Å². The fraction of sp³-hybridized carbons (Fsp3) is 1.00. The maximum absolute atomic E-state index is 6.27. The molecule has 2 heteroatoms. The Kier molecular flexibility index (Phi) is 4.11. The first-order chi connectivity index (χ1) is 6.81. The molecule has 0 N–H and O–H groups in total. The molecule has 0 aromatic carbocycles. The van der Waals surface area contributed by atoms with Crippen molar-refractivity contribution in [2.75, 3.05) is 0 Å². The molecular weight excluding hydrogens is 287 g/mol. The van der Waals surface area contributed by atoms with Gasteiger partial charge in [0.2, 0.25) is 0 Å². The van der Waals surface area contributed by atoms with Gasteiger partial charge in [-0.3, -0.25) is 0 Å². The van der Waals surface area contributed by atoms with Crippen LogP contribution in [0.2, 0.25) is 0 Å². The van der Waals surface area contributed by atoms with Gasteiger partial charge in [0.05, 0.1) is 12.2 Å². The topological polar surface area (TPSA) is 9.23 Å². The Morgan fingerprint density at radius 1 is 1.21 bits per heavy atom. The van der Waals surface area contributed by atoms with Gasteiger partial charge in [0, 0.05) is 3.92 Å². The van der Waals surface area contributed by atoms with E-state index in [1.807, 2.05) is 0 Å². The largest absolute Gasteiger partial charge is 0.374 e. The SMILES string of the molecule is CCC(OC1CCCC1I)C1CCC1. The van der Waals surface area contributed by atoms with Gasteiger partial charge in [0.15, 0.2) is 0 Å². The zero-order chi connectivity index (χ0) is 9.97. The molecule has 3 unspecified atom stereocenters. The van der Waals surface area contributed by atoms with Crippen molar-refractivity contribution in [1.82, 2.24) is 0 Å². The van der Waals surface area contributed by atoms with Gasteiger partial charge in [0.1, 0.15) is 0 Å². The molecule has 0 spiro atoms. The van der Waals surface area contributed by atoms with Crippen molar-refractivity contribution in [3.05, 3.63) is 0 Å². The third-order valence-electron chi connectivity index (χ3n) is 3.80. The van der Waals surface area contributed by atoms with Crippen LogP contribution in [0.1, 0.15) is 51.9 Å². The highest BCUT2D eigenvalue weighted by Gasteiger charge is 2.32. The normalized spacial score (nSPS) is 35.6. The Morgan fingerprint density at radius 3 is 2.36 bits per heavy atom. The van der Waals surface area contributed by atoms with E-state index in [4.69, 9.17) is 4.74 Å². The molecule has 2 rings (SSSR count). The van der Waals surface area contributed by atoms with Crippen molar-refractivity contribution < 1.29 is 4.74 Å². The molecule has 14 heavy (non-hydrogen) atoms. The van der Waals surface area contributed by atoms with E-state index in [0.29, 0.717) is 12.2 Å². The molecule has 0 amide bonds. The third-order valence-corrected chi connectivity index (χ3v) is 5.22. The van der Waals surface area contributed by atoms with Crippen LogP contribution in [0, 0.1) is 5.92 Å². The Balaban J connectivity index is 1.80. The lowest BCUT2D eigenvalue weighted by Crippen LogP contribution is -2.34. The van der Waals surface area contributed by atoms with Crippen LogP contribution in [0.15, 0.2) is 0 Å². The summed E-state index contributed by atoms with van der Waals surface area (Å²) in [6.07, 6.45) is 10.7. The van der Waals surface area contributed by atoms with E-state index in [9.17, 15) is 0 Å². The lowest BCUT2D eigenvalue weighted by molar-refractivity contribution is -0.0563. The molecule has 0 aliphatic heterocycles. The standard InChI is InChI=1S/C12H21IO/c1-2-11(9-5-3-6-9)14-12-8-4-7-10(12)13/h9-12H,2-8H2,1H3. The quantitative estimate of drug-likeness (QED) is 0.565. The van der Waals surface area contributed by atoms with Crippen LogP contribution in [0.5, 0.6) is 0 Å². The molecule has 0 bridgehead atoms. The van der Waals surface area contributed by atoms with Gasteiger partial charge in [-0.15, -0.1) is 0 Å². The zero-order valence-electron chi connectivity index (χ0n) is 9.05. The molecular formula is C12H21IO. The lowest BCUT2D eigenvalue weighted by Gasteiger charge is -2.35. The number of rotatable bonds is 4. The van der Waals surface area contributed by atoms with Crippen molar-refractivity contribution in [3.8, 4) is 0 Å². The van der Waals surface area contributed by atoms with Crippen molar-refractivity contribution in [1.29, 1.82) is 0 Å². The second-order valence-electron chi connectivity index (χ2n) is 4.76. The Hall–Kier alpha value is 0.690. The minimum Gasteiger partial charge on any atom is -0.374 e. The smallest absolute Gasteiger partial charge is 0.0696 e. The van der Waals surface area contributed by atoms with Crippen molar-refractivity contribution in [3.63, 3.8) is 0 Å². The summed E-state index contributed by atoms with van der Waals surface area (Å²) in [5.41, 5.74) is 0. The first kappa shape index (κ1) is 11.2. The molecule has 0 aromatic rings. The molecule has 0 radical (unpaired) electrons. The van der Waals surface area contributed by atoms with Crippen LogP contribution in [0.25, 0.3) is 0 Å². The van der Waals surface area contributed by atoms with Crippen LogP contribution >= 0.6 is 22.6 Å². The highest BCUT2D eigenvalue weighted by Crippen LogP contribution is 2.36. The number of halogens is 1. The summed E-state index contributed by atoms with van der Waals surface area (Å²) in [6.45, 7) is 2.28. The average Bonchev–Trinajstić information content (AvgIpc) is 2.47. The first-order valence-corrected chi connectivity index (χ1v) is 7.35. The minimum absolute atomic E-state index is 0.571. The molecule has 2 aliphatic rings. The second kappa shape index (κ2) is 5.15. The van der Waals surface area contributed by atoms with Crippen molar-refractivity contribution >= 4 is 22.6 Å². The van der Waals surface area contributed by atoms with Gasteiger partial charge in [-0.05, 0) is 44.4 Å². The maximum atomic E-state index is 6.27. The van der Waals surface area contributed by atoms with E-state index in [1.165, 1.54) is 44.9 Å². The summed E-state index contributed by atoms with van der Waals surface area (Å²) < 4.78 is 7.05. The monoisotopic (exact) mass is 308 g/mol. The highest BCUT2D eigenvalue weighted by atomic mass is 127. The van der Waals surface area contributed by atoms with Gasteiger partial charge in [-0.25, -0.2) is 0 Å².